The van der Waals surface area contributed by atoms with Gasteiger partial charge in [0.2, 0.25) is 11.2 Å². The predicted octanol–water partition coefficient (Wildman–Crippen LogP) is -1.66. The van der Waals surface area contributed by atoms with E-state index in [0.29, 0.717) is 0 Å². The van der Waals surface area contributed by atoms with Crippen molar-refractivity contribution >= 4 is 40.7 Å². The summed E-state index contributed by atoms with van der Waals surface area (Å²) in [5.74, 6) is -4.56. The molecule has 10 nitrogen and oxygen atoms in total. The van der Waals surface area contributed by atoms with Crippen LogP contribution in [0.5, 0.6) is 0 Å². The Morgan fingerprint density at radius 1 is 1.04 bits per heavy atom. The van der Waals surface area contributed by atoms with Crippen molar-refractivity contribution < 1.29 is 44.0 Å². The molecule has 1 rings (SSSR count). The minimum Gasteiger partial charge on any atom is -0.463 e. The Morgan fingerprint density at radius 3 is 1.88 bits per heavy atom. The first kappa shape index (κ1) is 22.2. The van der Waals surface area contributed by atoms with Crippen LogP contribution in [0.3, 0.4) is 0 Å². The van der Waals surface area contributed by atoms with E-state index in [2.05, 4.69) is 17.2 Å². The molecule has 144 valence electrons. The highest BCUT2D eigenvalue weighted by atomic mass is 32.1. The van der Waals surface area contributed by atoms with E-state index in [9.17, 15) is 34.5 Å². The van der Waals surface area contributed by atoms with Crippen molar-refractivity contribution in [3.63, 3.8) is 0 Å². The fourth-order valence-electron chi connectivity index (χ4n) is 3.03. The van der Waals surface area contributed by atoms with Crippen molar-refractivity contribution in [2.45, 2.75) is 56.8 Å². The van der Waals surface area contributed by atoms with Crippen LogP contribution in [-0.2, 0) is 28.7 Å². The Balaban J connectivity index is 3.81. The molecular weight excluding hydrogens is 370 g/mol. The Hall–Kier alpha value is -1.88. The summed E-state index contributed by atoms with van der Waals surface area (Å²) in [4.78, 5) is 51.1. The third-order valence-electron chi connectivity index (χ3n) is 4.41. The second-order valence-corrected chi connectivity index (χ2v) is 6.09. The highest BCUT2D eigenvalue weighted by Gasteiger charge is 2.78. The van der Waals surface area contributed by atoms with Crippen LogP contribution in [0.4, 0.5) is 0 Å². The van der Waals surface area contributed by atoms with E-state index < -0.39 is 59.1 Å². The van der Waals surface area contributed by atoms with Gasteiger partial charge in [-0.25, -0.2) is 0 Å². The molecule has 0 radical (unpaired) electrons. The Morgan fingerprint density at radius 2 is 1.54 bits per heavy atom. The Labute approximate surface area is 153 Å². The molecule has 1 fully saturated rings. The van der Waals surface area contributed by atoms with Crippen LogP contribution in [0.25, 0.3) is 0 Å². The lowest BCUT2D eigenvalue weighted by Gasteiger charge is -2.56. The SMILES string of the molecule is CC(=O)OC[C@H]1O[C@@H](N=C=S)[C@@](O)(C(C)=O)[C@](O)(C(C)=O)[C@@]1(O)C(C)=O. The number of hydrogen-bond donors (Lipinski definition) is 3. The van der Waals surface area contributed by atoms with Gasteiger partial charge in [-0.2, -0.15) is 4.99 Å². The second-order valence-electron chi connectivity index (χ2n) is 5.91. The van der Waals surface area contributed by atoms with E-state index in [0.717, 1.165) is 27.7 Å². The zero-order valence-electron chi connectivity index (χ0n) is 14.5. The Bertz CT molecular complexity index is 703. The summed E-state index contributed by atoms with van der Waals surface area (Å²) in [5.41, 5.74) is -9.64. The number of esters is 1. The highest BCUT2D eigenvalue weighted by Crippen LogP contribution is 2.46. The molecule has 0 spiro atoms. The molecule has 0 aliphatic carbocycles. The van der Waals surface area contributed by atoms with Gasteiger partial charge < -0.3 is 24.8 Å². The molecule has 11 heteroatoms. The molecule has 0 bridgehead atoms. The van der Waals surface area contributed by atoms with Crippen LogP contribution < -0.4 is 0 Å². The van der Waals surface area contributed by atoms with Gasteiger partial charge in [0.15, 0.2) is 29.2 Å². The smallest absolute Gasteiger partial charge is 0.302 e. The third-order valence-corrected chi connectivity index (χ3v) is 4.52. The molecule has 0 aromatic carbocycles. The first-order valence-electron chi connectivity index (χ1n) is 7.37. The van der Waals surface area contributed by atoms with Gasteiger partial charge in [0.25, 0.3) is 0 Å². The number of hydrogen-bond acceptors (Lipinski definition) is 11. The van der Waals surface area contributed by atoms with Crippen LogP contribution in [0, 0.1) is 0 Å². The van der Waals surface area contributed by atoms with Crippen molar-refractivity contribution in [2.24, 2.45) is 4.99 Å². The van der Waals surface area contributed by atoms with E-state index >= 15 is 0 Å². The van der Waals surface area contributed by atoms with Gasteiger partial charge in [-0.05, 0) is 33.0 Å². The molecule has 0 saturated carbocycles. The average molecular weight is 389 g/mol. The summed E-state index contributed by atoms with van der Waals surface area (Å²) in [6.07, 6.45) is -3.83. The van der Waals surface area contributed by atoms with Crippen molar-refractivity contribution in [3.05, 3.63) is 0 Å². The van der Waals surface area contributed by atoms with E-state index in [1.54, 1.807) is 0 Å². The first-order chi connectivity index (χ1) is 11.8. The maximum absolute atomic E-state index is 12.3. The quantitative estimate of drug-likeness (QED) is 0.272. The molecular formula is C15H19NO9S. The Kier molecular flexibility index (Phi) is 6.30. The van der Waals surface area contributed by atoms with E-state index in [1.807, 2.05) is 5.16 Å². The minimum atomic E-state index is -3.36. The van der Waals surface area contributed by atoms with Crippen LogP contribution in [0.1, 0.15) is 27.7 Å². The molecule has 1 aliphatic rings. The molecule has 0 unspecified atom stereocenters. The topological polar surface area (TPSA) is 160 Å². The standard InChI is InChI=1S/C15H19NO9S/c1-7(17)13(21)11(5-24-10(4)20)25-12(16-6-26)14(22,8(2)18)15(13,23)9(3)19/h11-12,21-23H,5H2,1-4H3/t11-,12-,13-,14+,15+/m1/s1. The number of carbonyl (C=O) groups excluding carboxylic acids is 4. The summed E-state index contributed by atoms with van der Waals surface area (Å²) in [6.45, 7) is 2.62. The number of ketones is 3. The fourth-order valence-corrected chi connectivity index (χ4v) is 3.12. The zero-order chi connectivity index (χ0) is 20.5. The van der Waals surface area contributed by atoms with Crippen molar-refractivity contribution in [1.29, 1.82) is 0 Å². The summed E-state index contributed by atoms with van der Waals surface area (Å²) in [7, 11) is 0. The van der Waals surface area contributed by atoms with Crippen LogP contribution in [-0.4, -0.2) is 79.5 Å². The number of aliphatic imine (C=N–C) groups is 1. The number of thiocarbonyl (C=S) groups is 1. The molecule has 26 heavy (non-hydrogen) atoms. The van der Waals surface area contributed by atoms with Gasteiger partial charge in [0.05, 0.1) is 5.16 Å². The third kappa shape index (κ3) is 2.92. The second kappa shape index (κ2) is 7.39. The van der Waals surface area contributed by atoms with E-state index in [4.69, 9.17) is 9.47 Å². The monoisotopic (exact) mass is 389 g/mol. The lowest BCUT2D eigenvalue weighted by atomic mass is 9.60. The van der Waals surface area contributed by atoms with E-state index in [1.165, 1.54) is 0 Å². The van der Waals surface area contributed by atoms with Crippen molar-refractivity contribution in [1.82, 2.24) is 0 Å². The summed E-state index contributed by atoms with van der Waals surface area (Å²) in [6, 6.07) is 0. The normalized spacial score (nSPS) is 36.6. The minimum absolute atomic E-state index is 0.758. The number of carbonyl (C=O) groups is 4. The first-order valence-corrected chi connectivity index (χ1v) is 7.78. The molecule has 0 amide bonds. The van der Waals surface area contributed by atoms with Gasteiger partial charge in [-0.15, -0.1) is 0 Å². The molecule has 5 atom stereocenters. The van der Waals surface area contributed by atoms with Crippen LogP contribution >= 0.6 is 12.2 Å². The molecule has 0 aromatic heterocycles. The lowest BCUT2D eigenvalue weighted by Crippen LogP contribution is -2.86. The number of ether oxygens (including phenoxy) is 2. The van der Waals surface area contributed by atoms with Crippen molar-refractivity contribution in [3.8, 4) is 0 Å². The zero-order valence-corrected chi connectivity index (χ0v) is 15.3. The lowest BCUT2D eigenvalue weighted by molar-refractivity contribution is -0.320. The number of Topliss-reactive ketones (excluding diaryl/α,β-unsaturated/α-hetero) is 3. The largest absolute Gasteiger partial charge is 0.463 e. The average Bonchev–Trinajstić information content (AvgIpc) is 2.53. The number of rotatable bonds is 6. The summed E-state index contributed by atoms with van der Waals surface area (Å²) in [5, 5.41) is 34.7. The molecule has 0 aromatic rings. The van der Waals surface area contributed by atoms with E-state index in [-0.39, 0.29) is 0 Å². The van der Waals surface area contributed by atoms with Gasteiger partial charge >= 0.3 is 5.97 Å². The maximum Gasteiger partial charge on any atom is 0.302 e. The van der Waals surface area contributed by atoms with Gasteiger partial charge in [-0.3, -0.25) is 19.2 Å². The molecule has 1 aliphatic heterocycles. The number of isothiocyanates is 1. The number of aliphatic hydroxyl groups is 3. The predicted molar refractivity (Wildman–Crippen MR) is 87.2 cm³/mol. The molecule has 1 saturated heterocycles. The molecule has 1 heterocycles. The van der Waals surface area contributed by atoms with Crippen molar-refractivity contribution in [2.75, 3.05) is 6.61 Å². The summed E-state index contributed by atoms with van der Waals surface area (Å²) < 4.78 is 9.95. The van der Waals surface area contributed by atoms with Gasteiger partial charge in [0, 0.05) is 6.92 Å². The van der Waals surface area contributed by atoms with Gasteiger partial charge in [0.1, 0.15) is 12.7 Å². The van der Waals surface area contributed by atoms with Crippen LogP contribution in [0.15, 0.2) is 4.99 Å². The number of nitrogens with zero attached hydrogens (tertiary/aromatic N) is 1. The molecule has 3 N–H and O–H groups in total. The summed E-state index contributed by atoms with van der Waals surface area (Å²) >= 11 is 4.42. The van der Waals surface area contributed by atoms with Crippen LogP contribution in [0.2, 0.25) is 0 Å². The fraction of sp³-hybridized carbons (Fsp3) is 0.667. The highest BCUT2D eigenvalue weighted by molar-refractivity contribution is 7.78. The van der Waals surface area contributed by atoms with Gasteiger partial charge in [-0.1, -0.05) is 0 Å². The maximum atomic E-state index is 12.3.